The van der Waals surface area contributed by atoms with Gasteiger partial charge in [0.2, 0.25) is 47.3 Å². The number of hydrogen-bond donors (Lipinski definition) is 13. The highest BCUT2D eigenvalue weighted by molar-refractivity contribution is 5.97. The Kier molecular flexibility index (Phi) is 26.2. The standard InChI is InChI=1S/C38H48N10O13.C11H10.C4H10/c1-40-30(51)16-43-37(59)28(14-34(55)56)48-33(54)19-45-36(58)27(13-21-15-41-25-5-3-2-4-23(21)25)47-32(53)18-44-35(57)26(12-20-6-8-22(49)9-7-20)46-31(52)17-42-29(50)11-10-24(39)38(60)61;1-9-5-4-7-10-6-2-3-8-11(9)10;1-3-4-2/h2-9,15,24,26-28,41,49H,10-14,16-19,39H2,1H3,(H,40,51)(H,42,50)(H,43,59)(H,44,57)(H,45,58)(H,46,52)(H,47,53)(H,48,54)(H,55,56)(H,60,61);2-8H,1H3;3-4H2,1-2H3/t24-,26+,27+,28+;;/m1../s1. The number of H-pyrrole nitrogens is 1. The normalized spacial score (nSPS) is 12.0. The van der Waals surface area contributed by atoms with E-state index < -0.39 is 116 Å². The van der Waals surface area contributed by atoms with Gasteiger partial charge in [-0.15, -0.1) is 0 Å². The number of fused-ring (bicyclic) bond motifs is 2. The molecule has 0 saturated carbocycles. The van der Waals surface area contributed by atoms with Gasteiger partial charge in [-0.1, -0.05) is 99.5 Å². The molecule has 0 unspecified atom stereocenters. The molecule has 0 aliphatic heterocycles. The van der Waals surface area contributed by atoms with Crippen LogP contribution in [0, 0.1) is 6.92 Å². The molecule has 4 atom stereocenters. The van der Waals surface area contributed by atoms with Gasteiger partial charge in [-0.25, -0.2) is 0 Å². The van der Waals surface area contributed by atoms with Crippen molar-refractivity contribution in [2.75, 3.05) is 33.2 Å². The molecule has 76 heavy (non-hydrogen) atoms. The van der Waals surface area contributed by atoms with Crippen molar-refractivity contribution in [3.8, 4) is 5.75 Å². The average molecular weight is 1050 g/mol. The predicted molar refractivity (Wildman–Crippen MR) is 282 cm³/mol. The number of nitrogens with two attached hydrogens (primary N) is 1. The Bertz CT molecular complexity index is 2780. The second kappa shape index (κ2) is 32.4. The van der Waals surface area contributed by atoms with Crippen LogP contribution in [0.5, 0.6) is 5.75 Å². The molecule has 0 saturated heterocycles. The number of phenols is 1. The van der Waals surface area contributed by atoms with Crippen molar-refractivity contribution in [2.45, 2.75) is 89.9 Å². The number of nitrogens with one attached hydrogen (secondary N) is 9. The van der Waals surface area contributed by atoms with Gasteiger partial charge >= 0.3 is 11.9 Å². The Hall–Kier alpha value is -8.86. The van der Waals surface area contributed by atoms with Gasteiger partial charge in [0, 0.05) is 43.4 Å². The molecule has 4 aromatic carbocycles. The van der Waals surface area contributed by atoms with Gasteiger partial charge in [0.25, 0.3) is 0 Å². The highest BCUT2D eigenvalue weighted by atomic mass is 16.4. The number of carboxylic acid groups (broad SMARTS) is 2. The van der Waals surface area contributed by atoms with E-state index in [9.17, 15) is 58.2 Å². The summed E-state index contributed by atoms with van der Waals surface area (Å²) in [6, 6.07) is 22.0. The Morgan fingerprint density at radius 3 is 1.63 bits per heavy atom. The summed E-state index contributed by atoms with van der Waals surface area (Å²) in [5, 5.41) is 49.9. The summed E-state index contributed by atoms with van der Waals surface area (Å²) in [6.45, 7) is 3.96. The van der Waals surface area contributed by atoms with E-state index in [-0.39, 0.29) is 31.4 Å². The third kappa shape index (κ3) is 22.1. The summed E-state index contributed by atoms with van der Waals surface area (Å²) >= 11 is 0. The number of carboxylic acids is 2. The fourth-order valence-electron chi connectivity index (χ4n) is 6.95. The Morgan fingerprint density at radius 1 is 0.579 bits per heavy atom. The third-order valence-corrected chi connectivity index (χ3v) is 11.3. The van der Waals surface area contributed by atoms with Crippen LogP contribution in [0.4, 0.5) is 0 Å². The van der Waals surface area contributed by atoms with Gasteiger partial charge in [-0.3, -0.25) is 47.9 Å². The van der Waals surface area contributed by atoms with E-state index >= 15 is 0 Å². The molecular formula is C53H68N10O13. The minimum atomic E-state index is -1.60. The molecule has 0 bridgehead atoms. The molecule has 408 valence electrons. The third-order valence-electron chi connectivity index (χ3n) is 11.3. The number of para-hydroxylation sites is 1. The number of rotatable bonds is 25. The van der Waals surface area contributed by atoms with E-state index in [1.165, 1.54) is 60.5 Å². The van der Waals surface area contributed by atoms with Gasteiger partial charge in [0.1, 0.15) is 29.9 Å². The quantitative estimate of drug-likeness (QED) is 0.0387. The number of benzene rings is 4. The van der Waals surface area contributed by atoms with Crippen LogP contribution < -0.4 is 48.3 Å². The molecule has 5 aromatic rings. The number of aromatic hydroxyl groups is 1. The van der Waals surface area contributed by atoms with E-state index in [1.54, 1.807) is 30.5 Å². The number of likely N-dealkylation sites (N-methyl/N-ethyl adjacent to an activating group) is 1. The van der Waals surface area contributed by atoms with Crippen molar-refractivity contribution in [1.82, 2.24) is 47.5 Å². The van der Waals surface area contributed by atoms with Crippen LogP contribution in [0.1, 0.15) is 62.6 Å². The number of hydrogen-bond acceptors (Lipinski definition) is 12. The maximum atomic E-state index is 13.5. The molecular weight excluding hydrogens is 985 g/mol. The van der Waals surface area contributed by atoms with Crippen LogP contribution in [0.25, 0.3) is 21.7 Å². The van der Waals surface area contributed by atoms with E-state index in [0.717, 1.165) is 5.52 Å². The van der Waals surface area contributed by atoms with E-state index in [2.05, 4.69) is 111 Å². The number of unbranched alkanes of at least 4 members (excludes halogenated alkanes) is 1. The molecule has 1 aromatic heterocycles. The van der Waals surface area contributed by atoms with Crippen molar-refractivity contribution >= 4 is 80.9 Å². The first-order chi connectivity index (χ1) is 36.2. The second-order valence-electron chi connectivity index (χ2n) is 17.3. The fourth-order valence-corrected chi connectivity index (χ4v) is 6.95. The summed E-state index contributed by atoms with van der Waals surface area (Å²) in [4.78, 5) is 127. The van der Waals surface area contributed by atoms with Crippen LogP contribution in [-0.4, -0.2) is 137 Å². The molecule has 0 aliphatic rings. The number of aryl methyl sites for hydroxylation is 1. The maximum absolute atomic E-state index is 13.5. The van der Waals surface area contributed by atoms with Gasteiger partial charge in [-0.05, 0) is 59.0 Å². The number of phenolic OH excluding ortho intramolecular Hbond substituents is 1. The van der Waals surface area contributed by atoms with Gasteiger partial charge in [0.05, 0.1) is 32.6 Å². The Labute approximate surface area is 438 Å². The van der Waals surface area contributed by atoms with Crippen molar-refractivity contribution in [3.63, 3.8) is 0 Å². The van der Waals surface area contributed by atoms with E-state index in [1.807, 2.05) is 0 Å². The van der Waals surface area contributed by atoms with Crippen molar-refractivity contribution in [1.29, 1.82) is 0 Å². The minimum absolute atomic E-state index is 0.0630. The van der Waals surface area contributed by atoms with Crippen molar-refractivity contribution in [3.05, 3.63) is 114 Å². The first-order valence-corrected chi connectivity index (χ1v) is 24.4. The smallest absolute Gasteiger partial charge is 0.320 e. The topological polar surface area (TPSA) is 369 Å². The van der Waals surface area contributed by atoms with Crippen LogP contribution in [-0.2, 0) is 60.8 Å². The van der Waals surface area contributed by atoms with Gasteiger partial charge in [0.15, 0.2) is 0 Å². The lowest BCUT2D eigenvalue weighted by molar-refractivity contribution is -0.141. The number of carbonyl (C=O) groups is 10. The zero-order valence-corrected chi connectivity index (χ0v) is 42.8. The summed E-state index contributed by atoms with van der Waals surface area (Å²) in [7, 11) is 1.32. The fraction of sp³-hybridized carbons (Fsp3) is 0.358. The van der Waals surface area contributed by atoms with Crippen molar-refractivity contribution in [2.24, 2.45) is 5.73 Å². The lowest BCUT2D eigenvalue weighted by Gasteiger charge is -2.21. The lowest BCUT2D eigenvalue weighted by atomic mass is 10.0. The Morgan fingerprint density at radius 2 is 1.08 bits per heavy atom. The van der Waals surface area contributed by atoms with Crippen molar-refractivity contribution < 1.29 is 63.3 Å². The van der Waals surface area contributed by atoms with E-state index in [4.69, 9.17) is 10.8 Å². The monoisotopic (exact) mass is 1050 g/mol. The molecule has 0 fully saturated rings. The molecule has 23 nitrogen and oxygen atoms in total. The van der Waals surface area contributed by atoms with Crippen LogP contribution in [0.2, 0.25) is 0 Å². The van der Waals surface area contributed by atoms with Gasteiger partial charge in [-0.2, -0.15) is 0 Å². The molecule has 1 heterocycles. The Balaban J connectivity index is 0.000000863. The summed E-state index contributed by atoms with van der Waals surface area (Å²) < 4.78 is 0. The number of carbonyl (C=O) groups excluding carboxylic acids is 8. The highest BCUT2D eigenvalue weighted by Crippen LogP contribution is 2.20. The molecule has 0 spiro atoms. The lowest BCUT2D eigenvalue weighted by Crippen LogP contribution is -2.55. The zero-order valence-electron chi connectivity index (χ0n) is 42.8. The molecule has 14 N–H and O–H groups in total. The summed E-state index contributed by atoms with van der Waals surface area (Å²) in [6.07, 6.45) is 2.70. The number of aromatic amines is 1. The number of aliphatic carboxylic acids is 2. The first kappa shape index (κ1) is 61.4. The number of amides is 8. The first-order valence-electron chi connectivity index (χ1n) is 24.4. The van der Waals surface area contributed by atoms with Gasteiger partial charge < -0.3 is 68.6 Å². The molecule has 0 aliphatic carbocycles. The highest BCUT2D eigenvalue weighted by Gasteiger charge is 2.28. The molecule has 5 rings (SSSR count). The molecule has 0 radical (unpaired) electrons. The van der Waals surface area contributed by atoms with Crippen LogP contribution >= 0.6 is 0 Å². The predicted octanol–water partition coefficient (Wildman–Crippen LogP) is 0.945. The summed E-state index contributed by atoms with van der Waals surface area (Å²) in [5.41, 5.74) is 8.56. The number of aromatic nitrogens is 1. The second-order valence-corrected chi connectivity index (χ2v) is 17.3. The molecule has 8 amide bonds. The van der Waals surface area contributed by atoms with Crippen LogP contribution in [0.3, 0.4) is 0 Å². The van der Waals surface area contributed by atoms with E-state index in [0.29, 0.717) is 16.5 Å². The van der Waals surface area contributed by atoms with Crippen LogP contribution in [0.15, 0.2) is 97.2 Å². The largest absolute Gasteiger partial charge is 0.508 e. The minimum Gasteiger partial charge on any atom is -0.508 e. The molecule has 23 heteroatoms. The average Bonchev–Trinajstić information content (AvgIpc) is 3.82. The maximum Gasteiger partial charge on any atom is 0.320 e. The summed E-state index contributed by atoms with van der Waals surface area (Å²) in [5.74, 6) is -9.38. The SMILES string of the molecule is CCCC.CNC(=O)CNC(=O)[C@H](CC(=O)O)NC(=O)CNC(=O)[C@H](Cc1c[nH]c2ccccc12)NC(=O)CNC(=O)[C@H](Cc1ccc(O)cc1)NC(=O)CNC(=O)CC[C@@H](N)C(=O)O.Cc1cccc2ccccc12. The zero-order chi connectivity index (χ0) is 56.2.